The van der Waals surface area contributed by atoms with E-state index >= 15 is 0 Å². The first-order valence-corrected chi connectivity index (χ1v) is 18.6. The van der Waals surface area contributed by atoms with Crippen LogP contribution in [0.4, 0.5) is 21.9 Å². The Morgan fingerprint density at radius 3 is 2.04 bits per heavy atom. The first-order valence-electron chi connectivity index (χ1n) is 14.9. The van der Waals surface area contributed by atoms with Crippen molar-refractivity contribution in [3.8, 4) is 0 Å². The molecule has 2 radical (unpaired) electrons. The molecule has 1 heterocycles. The van der Waals surface area contributed by atoms with Crippen molar-refractivity contribution in [3.63, 3.8) is 0 Å². The number of rotatable bonds is 17. The zero-order chi connectivity index (χ0) is 34.8. The van der Waals surface area contributed by atoms with Crippen LogP contribution in [0.5, 0.6) is 0 Å². The van der Waals surface area contributed by atoms with E-state index in [1.165, 1.54) is 51.5 Å². The normalized spacial score (nSPS) is 14.7. The van der Waals surface area contributed by atoms with E-state index in [1.54, 1.807) is 0 Å². The summed E-state index contributed by atoms with van der Waals surface area (Å²) in [6.07, 6.45) is 10.5. The van der Waals surface area contributed by atoms with Crippen LogP contribution in [0.15, 0.2) is 55.5 Å². The number of anilines is 2. The molecule has 49 heavy (non-hydrogen) atoms. The summed E-state index contributed by atoms with van der Waals surface area (Å²) in [6.45, 7) is 3.82. The van der Waals surface area contributed by atoms with Crippen molar-refractivity contribution in [1.29, 1.82) is 0 Å². The summed E-state index contributed by atoms with van der Waals surface area (Å²) in [4.78, 5) is 24.2. The van der Waals surface area contributed by atoms with Gasteiger partial charge in [-0.1, -0.05) is 87.9 Å². The van der Waals surface area contributed by atoms with Gasteiger partial charge in [0.25, 0.3) is 26.1 Å². The number of ether oxygens (including phenoxy) is 1. The maximum Gasteiger partial charge on any atom is 0.411 e. The summed E-state index contributed by atoms with van der Waals surface area (Å²) in [6, 6.07) is 3.85. The molecule has 0 fully saturated rings. The minimum Gasteiger partial charge on any atom is -0.449 e. The first kappa shape index (κ1) is 45.9. The molecule has 0 saturated heterocycles. The second kappa shape index (κ2) is 21.4. The maximum atomic E-state index is 13.2. The van der Waals surface area contributed by atoms with E-state index in [-0.39, 0.29) is 87.8 Å². The van der Waals surface area contributed by atoms with Crippen molar-refractivity contribution in [2.75, 3.05) is 16.9 Å². The molecular weight excluding hydrogens is 743 g/mol. The Bertz CT molecular complexity index is 1750. The second-order valence-corrected chi connectivity index (χ2v) is 14.4. The third-order valence-corrected chi connectivity index (χ3v) is 9.62. The average Bonchev–Trinajstić information content (AvgIpc) is 3.26. The van der Waals surface area contributed by atoms with Gasteiger partial charge in [-0.3, -0.25) is 19.2 Å². The summed E-state index contributed by atoms with van der Waals surface area (Å²) in [5.41, 5.74) is -0.322. The van der Waals surface area contributed by atoms with Crippen LogP contribution in [0.3, 0.4) is 0 Å². The van der Waals surface area contributed by atoms with Crippen LogP contribution in [0, 0.1) is 0 Å². The Kier molecular flexibility index (Phi) is 20.0. The molecule has 0 bridgehead atoms. The van der Waals surface area contributed by atoms with Gasteiger partial charge < -0.3 is 4.74 Å². The topological polar surface area (TPSA) is 204 Å². The zero-order valence-corrected chi connectivity index (χ0v) is 35.0. The molecule has 0 aliphatic carbocycles. The molecule has 1 aliphatic rings. The molecule has 1 aliphatic heterocycles. The monoisotopic (exact) mass is 779 g/mol. The van der Waals surface area contributed by atoms with Gasteiger partial charge in [-0.25, -0.2) is 4.79 Å². The van der Waals surface area contributed by atoms with Crippen molar-refractivity contribution in [3.05, 3.63) is 40.4 Å². The largest absolute Gasteiger partial charge is 0.449 e. The van der Waals surface area contributed by atoms with Crippen molar-refractivity contribution < 1.29 is 40.3 Å². The smallest absolute Gasteiger partial charge is 0.411 e. The number of carbonyl (C=O) groups excluding carboxylic acids is 2. The number of hydrazone groups is 1. The standard InChI is InChI=1S/C29H37Cl2N5O9S2.2Na/c1-3-4-5-6-7-8-9-10-11-12-15-45-29(38)32-20-13-14-25(46(39,40)41)23(16-20)33-34-27-19(2)35-36(28(27)37)24-17-22(31)26(18-21(24)30)47(42,43)44;;/h13-14,16-18,27H,3-12,15H2,1-2H3,(H,32,38)(H,39,40,41)(H,42,43,44);;. The fraction of sp³-hybridized carbons (Fsp3) is 0.483. The van der Waals surface area contributed by atoms with Crippen LogP contribution in [-0.2, 0) is 29.8 Å². The van der Waals surface area contributed by atoms with Crippen molar-refractivity contribution >= 4 is 137 Å². The van der Waals surface area contributed by atoms with E-state index < -0.39 is 58.8 Å². The van der Waals surface area contributed by atoms with Crippen molar-refractivity contribution in [1.82, 2.24) is 0 Å². The summed E-state index contributed by atoms with van der Waals surface area (Å²) >= 11 is 12.1. The van der Waals surface area contributed by atoms with E-state index in [2.05, 4.69) is 27.6 Å². The molecule has 14 nitrogen and oxygen atoms in total. The Hall–Kier alpha value is -1.15. The number of amides is 2. The zero-order valence-electron chi connectivity index (χ0n) is 27.9. The molecule has 3 rings (SSSR count). The maximum absolute atomic E-state index is 13.2. The number of azo groups is 1. The van der Waals surface area contributed by atoms with Gasteiger partial charge in [0.1, 0.15) is 15.5 Å². The molecule has 0 spiro atoms. The van der Waals surface area contributed by atoms with E-state index in [0.29, 0.717) is 6.42 Å². The third kappa shape index (κ3) is 14.1. The minimum absolute atomic E-state index is 0. The van der Waals surface area contributed by atoms with Crippen molar-refractivity contribution in [2.45, 2.75) is 93.9 Å². The second-order valence-electron chi connectivity index (χ2n) is 10.8. The van der Waals surface area contributed by atoms with Gasteiger partial charge in [-0.15, -0.1) is 0 Å². The van der Waals surface area contributed by atoms with Crippen LogP contribution in [0.25, 0.3) is 0 Å². The number of halogens is 2. The molecule has 260 valence electrons. The molecule has 20 heteroatoms. The molecular formula is C29H37Cl2N5Na2O9S2. The summed E-state index contributed by atoms with van der Waals surface area (Å²) in [5, 5.41) is 14.4. The number of nitrogens with zero attached hydrogens (tertiary/aromatic N) is 4. The molecule has 0 saturated carbocycles. The number of benzene rings is 2. The van der Waals surface area contributed by atoms with Crippen molar-refractivity contribution in [2.24, 2.45) is 15.3 Å². The molecule has 3 N–H and O–H groups in total. The van der Waals surface area contributed by atoms with Crippen LogP contribution in [0.2, 0.25) is 10.0 Å². The van der Waals surface area contributed by atoms with Crippen LogP contribution < -0.4 is 10.3 Å². The number of unbranched alkanes of at least 4 members (excludes halogenated alkanes) is 9. The molecule has 2 amide bonds. The fourth-order valence-corrected chi connectivity index (χ4v) is 6.59. The summed E-state index contributed by atoms with van der Waals surface area (Å²) in [5.74, 6) is -0.804. The predicted octanol–water partition coefficient (Wildman–Crippen LogP) is 7.07. The van der Waals surface area contributed by atoms with E-state index in [1.807, 2.05) is 0 Å². The van der Waals surface area contributed by atoms with Crippen LogP contribution in [-0.4, -0.2) is 115 Å². The van der Waals surface area contributed by atoms with Gasteiger partial charge in [0.15, 0.2) is 6.04 Å². The average molecular weight is 781 g/mol. The number of hydrogen-bond donors (Lipinski definition) is 3. The molecule has 0 aromatic heterocycles. The van der Waals surface area contributed by atoms with Gasteiger partial charge in [0.2, 0.25) is 0 Å². The van der Waals surface area contributed by atoms with E-state index in [4.69, 9.17) is 27.9 Å². The Morgan fingerprint density at radius 2 is 1.47 bits per heavy atom. The number of carbonyl (C=O) groups is 2. The van der Waals surface area contributed by atoms with E-state index in [0.717, 1.165) is 48.5 Å². The molecule has 2 aromatic rings. The minimum atomic E-state index is -4.79. The Labute approximate surface area is 340 Å². The summed E-state index contributed by atoms with van der Waals surface area (Å²) < 4.78 is 71.3. The van der Waals surface area contributed by atoms with Crippen LogP contribution >= 0.6 is 23.2 Å². The van der Waals surface area contributed by atoms with Gasteiger partial charge in [-0.2, -0.15) is 37.2 Å². The first-order chi connectivity index (χ1) is 22.1. The SMILES string of the molecule is CCCCCCCCCCCCOC(=O)Nc1ccc(S(=O)(=O)O)c(N=NC2C(=O)N(c3cc(Cl)c(S(=O)(=O)O)cc3Cl)N=C2C)c1.[Na].[Na]. The van der Waals surface area contributed by atoms with Gasteiger partial charge in [0, 0.05) is 64.8 Å². The summed E-state index contributed by atoms with van der Waals surface area (Å²) in [7, 11) is -9.49. The van der Waals surface area contributed by atoms with Gasteiger partial charge in [0.05, 0.1) is 28.1 Å². The quantitative estimate of drug-likeness (QED) is 0.0649. The molecule has 1 unspecified atom stereocenters. The van der Waals surface area contributed by atoms with Crippen LogP contribution in [0.1, 0.15) is 78.1 Å². The number of hydrogen-bond acceptors (Lipinski definition) is 10. The predicted molar refractivity (Wildman–Crippen MR) is 190 cm³/mol. The van der Waals surface area contributed by atoms with E-state index in [9.17, 15) is 35.5 Å². The number of nitrogens with one attached hydrogen (secondary N) is 1. The Balaban J connectivity index is 0.00000600. The third-order valence-electron chi connectivity index (χ3n) is 7.10. The van der Waals surface area contributed by atoms with Gasteiger partial charge in [-0.05, 0) is 43.7 Å². The van der Waals surface area contributed by atoms with Gasteiger partial charge >= 0.3 is 6.09 Å². The molecule has 1 atom stereocenters. The molecule has 2 aromatic carbocycles. The fourth-order valence-electron chi connectivity index (χ4n) is 4.66. The Morgan fingerprint density at radius 1 is 0.898 bits per heavy atom.